The number of nitrogens with one attached hydrogen (secondary N) is 1. The van der Waals surface area contributed by atoms with E-state index in [2.05, 4.69) is 46.0 Å². The maximum atomic E-state index is 13.2. The molecule has 0 aliphatic heterocycles. The van der Waals surface area contributed by atoms with Crippen molar-refractivity contribution in [3.8, 4) is 11.3 Å². The smallest absolute Gasteiger partial charge is 0.226 e. The summed E-state index contributed by atoms with van der Waals surface area (Å²) in [6.07, 6.45) is 2.59. The fourth-order valence-corrected chi connectivity index (χ4v) is 2.80. The van der Waals surface area contributed by atoms with Crippen molar-refractivity contribution >= 4 is 0 Å². The molecule has 1 N–H and O–H groups in total. The molecule has 0 spiro atoms. The maximum absolute atomic E-state index is 13.2. The Morgan fingerprint density at radius 3 is 2.65 bits per heavy atom. The molecule has 0 atom stereocenters. The van der Waals surface area contributed by atoms with Crippen LogP contribution >= 0.6 is 0 Å². The van der Waals surface area contributed by atoms with Gasteiger partial charge in [-0.3, -0.25) is 10.00 Å². The average Bonchev–Trinajstić information content (AvgIpc) is 3.24. The molecule has 0 saturated carbocycles. The Balaban J connectivity index is 1.70. The predicted molar refractivity (Wildman–Crippen MR) is 96.6 cm³/mol. The van der Waals surface area contributed by atoms with Crippen LogP contribution in [0.2, 0.25) is 0 Å². The summed E-state index contributed by atoms with van der Waals surface area (Å²) < 4.78 is 18.5. The molecule has 0 aliphatic rings. The standard InChI is InChI=1S/C19H24FN5O/c1-4-25(12-17-22-18(26-24-17)9-13(2)3)11-15-10-21-23-19(15)14-5-7-16(20)8-6-14/h5-8,10,13H,4,9,11-12H2,1-3H3,(H,21,23). The highest BCUT2D eigenvalue weighted by Gasteiger charge is 2.15. The molecule has 0 radical (unpaired) electrons. The van der Waals surface area contributed by atoms with E-state index in [0.717, 1.165) is 29.8 Å². The zero-order valence-electron chi connectivity index (χ0n) is 15.4. The van der Waals surface area contributed by atoms with Crippen LogP contribution < -0.4 is 0 Å². The summed E-state index contributed by atoms with van der Waals surface area (Å²) in [4.78, 5) is 6.68. The number of H-pyrrole nitrogens is 1. The highest BCUT2D eigenvalue weighted by atomic mass is 19.1. The Morgan fingerprint density at radius 1 is 1.19 bits per heavy atom. The molecule has 3 rings (SSSR count). The van der Waals surface area contributed by atoms with Crippen LogP contribution in [0.25, 0.3) is 11.3 Å². The van der Waals surface area contributed by atoms with Crippen LogP contribution in [-0.4, -0.2) is 31.8 Å². The third-order valence-electron chi connectivity index (χ3n) is 4.15. The van der Waals surface area contributed by atoms with E-state index in [0.29, 0.717) is 30.7 Å². The molecule has 2 aromatic heterocycles. The first-order chi connectivity index (χ1) is 12.5. The molecule has 0 fully saturated rings. The van der Waals surface area contributed by atoms with Crippen LogP contribution in [0.4, 0.5) is 4.39 Å². The van der Waals surface area contributed by atoms with E-state index >= 15 is 0 Å². The van der Waals surface area contributed by atoms with Gasteiger partial charge in [-0.1, -0.05) is 25.9 Å². The summed E-state index contributed by atoms with van der Waals surface area (Å²) in [7, 11) is 0. The molecule has 7 heteroatoms. The number of benzene rings is 1. The van der Waals surface area contributed by atoms with Gasteiger partial charge in [-0.05, 0) is 36.7 Å². The zero-order valence-corrected chi connectivity index (χ0v) is 15.4. The van der Waals surface area contributed by atoms with E-state index in [4.69, 9.17) is 4.52 Å². The van der Waals surface area contributed by atoms with E-state index in [1.54, 1.807) is 12.1 Å². The fourth-order valence-electron chi connectivity index (χ4n) is 2.80. The van der Waals surface area contributed by atoms with Gasteiger partial charge < -0.3 is 4.52 Å². The molecule has 0 bridgehead atoms. The number of halogens is 1. The van der Waals surface area contributed by atoms with Crippen molar-refractivity contribution in [2.24, 2.45) is 5.92 Å². The first-order valence-electron chi connectivity index (χ1n) is 8.87. The van der Waals surface area contributed by atoms with Gasteiger partial charge in [0.2, 0.25) is 5.89 Å². The number of aromatic amines is 1. The van der Waals surface area contributed by atoms with Gasteiger partial charge in [-0.2, -0.15) is 10.1 Å². The Kier molecular flexibility index (Phi) is 5.78. The van der Waals surface area contributed by atoms with Gasteiger partial charge in [0.1, 0.15) is 5.82 Å². The number of hydrogen-bond donors (Lipinski definition) is 1. The number of nitrogens with zero attached hydrogens (tertiary/aromatic N) is 4. The molecule has 138 valence electrons. The van der Waals surface area contributed by atoms with Gasteiger partial charge in [0.25, 0.3) is 0 Å². The third-order valence-corrected chi connectivity index (χ3v) is 4.15. The Morgan fingerprint density at radius 2 is 1.96 bits per heavy atom. The van der Waals surface area contributed by atoms with Crippen molar-refractivity contribution in [2.45, 2.75) is 40.3 Å². The van der Waals surface area contributed by atoms with E-state index in [1.165, 1.54) is 12.1 Å². The van der Waals surface area contributed by atoms with Gasteiger partial charge in [0.15, 0.2) is 5.82 Å². The summed E-state index contributed by atoms with van der Waals surface area (Å²) in [5.74, 6) is 1.60. The van der Waals surface area contributed by atoms with Crippen LogP contribution in [0.1, 0.15) is 38.0 Å². The van der Waals surface area contributed by atoms with Gasteiger partial charge in [-0.25, -0.2) is 4.39 Å². The lowest BCUT2D eigenvalue weighted by Crippen LogP contribution is -2.23. The predicted octanol–water partition coefficient (Wildman–Crippen LogP) is 3.82. The Bertz CT molecular complexity index is 825. The first kappa shape index (κ1) is 18.3. The van der Waals surface area contributed by atoms with Crippen molar-refractivity contribution in [1.82, 2.24) is 25.2 Å². The highest BCUT2D eigenvalue weighted by molar-refractivity contribution is 5.62. The second-order valence-corrected chi connectivity index (χ2v) is 6.78. The Hall–Kier alpha value is -2.54. The molecule has 1 aromatic carbocycles. The van der Waals surface area contributed by atoms with Gasteiger partial charge in [0.05, 0.1) is 18.4 Å². The van der Waals surface area contributed by atoms with Crippen molar-refractivity contribution in [1.29, 1.82) is 0 Å². The van der Waals surface area contributed by atoms with E-state index < -0.39 is 0 Å². The van der Waals surface area contributed by atoms with E-state index in [-0.39, 0.29) is 5.82 Å². The van der Waals surface area contributed by atoms with Crippen LogP contribution in [0.15, 0.2) is 35.0 Å². The maximum Gasteiger partial charge on any atom is 0.226 e. The van der Waals surface area contributed by atoms with E-state index in [9.17, 15) is 4.39 Å². The minimum absolute atomic E-state index is 0.251. The fraction of sp³-hybridized carbons (Fsp3) is 0.421. The summed E-state index contributed by atoms with van der Waals surface area (Å²) in [5, 5.41) is 11.3. The van der Waals surface area contributed by atoms with E-state index in [1.807, 2.05) is 6.20 Å². The SMILES string of the molecule is CCN(Cc1noc(CC(C)C)n1)Cc1cn[nH]c1-c1ccc(F)cc1. The molecule has 0 amide bonds. The molecule has 0 unspecified atom stereocenters. The normalized spacial score (nSPS) is 11.6. The average molecular weight is 357 g/mol. The quantitative estimate of drug-likeness (QED) is 0.664. The van der Waals surface area contributed by atoms with Crippen molar-refractivity contribution in [3.05, 3.63) is 53.6 Å². The van der Waals surface area contributed by atoms with Crippen LogP contribution in [0.5, 0.6) is 0 Å². The molecule has 0 aliphatic carbocycles. The van der Waals surface area contributed by atoms with Crippen molar-refractivity contribution in [2.75, 3.05) is 6.54 Å². The molecule has 6 nitrogen and oxygen atoms in total. The van der Waals surface area contributed by atoms with Gasteiger partial charge >= 0.3 is 0 Å². The number of rotatable bonds is 8. The van der Waals surface area contributed by atoms with Gasteiger partial charge in [0, 0.05) is 24.1 Å². The second kappa shape index (κ2) is 8.23. The monoisotopic (exact) mass is 357 g/mol. The van der Waals surface area contributed by atoms with Crippen LogP contribution in [-0.2, 0) is 19.5 Å². The third kappa shape index (κ3) is 4.54. The number of aromatic nitrogens is 4. The molecule has 3 aromatic rings. The Labute approximate surface area is 152 Å². The molecular weight excluding hydrogens is 333 g/mol. The summed E-state index contributed by atoms with van der Waals surface area (Å²) >= 11 is 0. The zero-order chi connectivity index (χ0) is 18.5. The minimum Gasteiger partial charge on any atom is -0.339 e. The summed E-state index contributed by atoms with van der Waals surface area (Å²) in [6, 6.07) is 6.40. The first-order valence-corrected chi connectivity index (χ1v) is 8.87. The molecule has 26 heavy (non-hydrogen) atoms. The lowest BCUT2D eigenvalue weighted by molar-refractivity contribution is 0.259. The minimum atomic E-state index is -0.251. The summed E-state index contributed by atoms with van der Waals surface area (Å²) in [6.45, 7) is 8.46. The van der Waals surface area contributed by atoms with Crippen molar-refractivity contribution in [3.63, 3.8) is 0 Å². The lowest BCUT2D eigenvalue weighted by Gasteiger charge is -2.18. The number of hydrogen-bond acceptors (Lipinski definition) is 5. The topological polar surface area (TPSA) is 70.8 Å². The largest absolute Gasteiger partial charge is 0.339 e. The molecule has 2 heterocycles. The van der Waals surface area contributed by atoms with Gasteiger partial charge in [-0.15, -0.1) is 0 Å². The van der Waals surface area contributed by atoms with Crippen molar-refractivity contribution < 1.29 is 8.91 Å². The second-order valence-electron chi connectivity index (χ2n) is 6.78. The molecule has 0 saturated heterocycles. The highest BCUT2D eigenvalue weighted by Crippen LogP contribution is 2.23. The molecular formula is C19H24FN5O. The van der Waals surface area contributed by atoms with Crippen LogP contribution in [0.3, 0.4) is 0 Å². The summed E-state index contributed by atoms with van der Waals surface area (Å²) in [5.41, 5.74) is 2.86. The lowest BCUT2D eigenvalue weighted by atomic mass is 10.1. The van der Waals surface area contributed by atoms with Crippen LogP contribution in [0, 0.1) is 11.7 Å².